The summed E-state index contributed by atoms with van der Waals surface area (Å²) in [4.78, 5) is 39.3. The van der Waals surface area contributed by atoms with Gasteiger partial charge in [-0.15, -0.1) is 0 Å². The van der Waals surface area contributed by atoms with Gasteiger partial charge in [0, 0.05) is 0 Å². The minimum atomic E-state index is -0.820. The number of anilines is 1. The molecule has 1 N–H and O–H groups in total. The second-order valence-electron chi connectivity index (χ2n) is 8.72. The predicted molar refractivity (Wildman–Crippen MR) is 148 cm³/mol. The molecule has 1 aliphatic rings. The lowest BCUT2D eigenvalue weighted by atomic mass is 10.1. The van der Waals surface area contributed by atoms with Crippen LogP contribution in [-0.2, 0) is 16.2 Å². The van der Waals surface area contributed by atoms with Crippen molar-refractivity contribution in [1.82, 2.24) is 5.32 Å². The van der Waals surface area contributed by atoms with Crippen molar-refractivity contribution in [3.8, 4) is 17.2 Å². The van der Waals surface area contributed by atoms with E-state index in [0.29, 0.717) is 41.7 Å². The molecule has 4 aromatic rings. The highest BCUT2D eigenvalue weighted by molar-refractivity contribution is 6.39. The largest absolute Gasteiger partial charge is 0.497 e. The Labute approximate surface area is 225 Å². The van der Waals surface area contributed by atoms with Crippen molar-refractivity contribution in [1.29, 1.82) is 0 Å². The van der Waals surface area contributed by atoms with Crippen LogP contribution in [-0.4, -0.2) is 31.6 Å². The van der Waals surface area contributed by atoms with Gasteiger partial charge < -0.3 is 14.2 Å². The number of hydrogen-bond acceptors (Lipinski definition) is 6. The lowest BCUT2D eigenvalue weighted by Crippen LogP contribution is -2.54. The van der Waals surface area contributed by atoms with Crippen molar-refractivity contribution in [2.75, 3.05) is 18.6 Å². The number of nitrogens with one attached hydrogen (secondary N) is 1. The fourth-order valence-corrected chi connectivity index (χ4v) is 4.37. The summed E-state index contributed by atoms with van der Waals surface area (Å²) in [5.74, 6) is 0.0640. The van der Waals surface area contributed by atoms with Crippen LogP contribution in [0.15, 0.2) is 90.5 Å². The number of benzene rings is 4. The number of nitrogens with zero attached hydrogens (tertiary/aromatic N) is 1. The van der Waals surface area contributed by atoms with Crippen LogP contribution >= 0.6 is 0 Å². The van der Waals surface area contributed by atoms with E-state index in [2.05, 4.69) is 23.5 Å². The molecule has 4 aromatic carbocycles. The van der Waals surface area contributed by atoms with Crippen LogP contribution in [0.3, 0.4) is 0 Å². The topological polar surface area (TPSA) is 94.2 Å². The minimum Gasteiger partial charge on any atom is -0.497 e. The van der Waals surface area contributed by atoms with Gasteiger partial charge in [0.15, 0.2) is 11.5 Å². The monoisotopic (exact) mass is 522 g/mol. The maximum absolute atomic E-state index is 13.2. The number of fused-ring (bicyclic) bond motifs is 1. The van der Waals surface area contributed by atoms with Gasteiger partial charge in [0.05, 0.1) is 19.4 Å². The van der Waals surface area contributed by atoms with Crippen molar-refractivity contribution in [3.63, 3.8) is 0 Å². The Morgan fingerprint density at radius 3 is 2.38 bits per heavy atom. The molecule has 0 atom stereocenters. The Balaban J connectivity index is 1.41. The van der Waals surface area contributed by atoms with Gasteiger partial charge >= 0.3 is 6.03 Å². The Morgan fingerprint density at radius 1 is 0.846 bits per heavy atom. The summed E-state index contributed by atoms with van der Waals surface area (Å²) < 4.78 is 17.1. The number of hydrogen-bond donors (Lipinski definition) is 1. The van der Waals surface area contributed by atoms with Crippen molar-refractivity contribution >= 4 is 40.4 Å². The number of barbiturate groups is 1. The molecule has 8 nitrogen and oxygen atoms in total. The van der Waals surface area contributed by atoms with E-state index in [9.17, 15) is 14.4 Å². The van der Waals surface area contributed by atoms with Crippen LogP contribution in [0.25, 0.3) is 16.8 Å². The summed E-state index contributed by atoms with van der Waals surface area (Å²) in [6.45, 7) is 2.58. The number of ether oxygens (including phenoxy) is 3. The van der Waals surface area contributed by atoms with E-state index in [0.717, 1.165) is 21.2 Å². The average Bonchev–Trinajstić information content (AvgIpc) is 2.95. The summed E-state index contributed by atoms with van der Waals surface area (Å²) in [5.41, 5.74) is 1.70. The molecular formula is C31H26N2O6. The lowest BCUT2D eigenvalue weighted by molar-refractivity contribution is -0.122. The Kier molecular flexibility index (Phi) is 7.27. The van der Waals surface area contributed by atoms with Crippen LogP contribution < -0.4 is 24.4 Å². The third kappa shape index (κ3) is 5.31. The Bertz CT molecular complexity index is 1590. The van der Waals surface area contributed by atoms with Crippen molar-refractivity contribution in [2.45, 2.75) is 13.5 Å². The van der Waals surface area contributed by atoms with Gasteiger partial charge in [-0.1, -0.05) is 48.5 Å². The van der Waals surface area contributed by atoms with E-state index in [-0.39, 0.29) is 5.57 Å². The van der Waals surface area contributed by atoms with Gasteiger partial charge in [-0.3, -0.25) is 14.9 Å². The fourth-order valence-electron chi connectivity index (χ4n) is 4.37. The second kappa shape index (κ2) is 11.1. The standard InChI is InChI=1S/C31H26N2O6/c1-3-38-28-18-20(11-16-27(28)39-19-22-9-6-8-21-7-4-5-10-25(21)22)17-26-29(34)32-31(36)33(30(26)35)23-12-14-24(37-2)15-13-23/h4-18H,3,19H2,1-2H3,(H,32,34,36)/b26-17+. The van der Waals surface area contributed by atoms with E-state index in [4.69, 9.17) is 14.2 Å². The fraction of sp³-hybridized carbons (Fsp3) is 0.129. The number of imide groups is 2. The number of amides is 4. The van der Waals surface area contributed by atoms with Crippen molar-refractivity contribution in [2.24, 2.45) is 0 Å². The molecule has 4 amide bonds. The first kappa shape index (κ1) is 25.5. The summed E-state index contributed by atoms with van der Waals surface area (Å²) >= 11 is 0. The Hall–Kier alpha value is -5.11. The highest BCUT2D eigenvalue weighted by Gasteiger charge is 2.36. The molecule has 196 valence electrons. The zero-order chi connectivity index (χ0) is 27.4. The zero-order valence-electron chi connectivity index (χ0n) is 21.5. The molecule has 0 radical (unpaired) electrons. The number of urea groups is 1. The van der Waals surface area contributed by atoms with E-state index in [1.54, 1.807) is 42.5 Å². The average molecular weight is 523 g/mol. The van der Waals surface area contributed by atoms with Gasteiger partial charge in [-0.05, 0) is 71.3 Å². The molecule has 1 heterocycles. The van der Waals surface area contributed by atoms with Crippen molar-refractivity contribution in [3.05, 3.63) is 102 Å². The SMILES string of the molecule is CCOc1cc(/C=C2\C(=O)NC(=O)N(c3ccc(OC)cc3)C2=O)ccc1OCc1cccc2ccccc12. The first-order chi connectivity index (χ1) is 19.0. The number of rotatable bonds is 8. The summed E-state index contributed by atoms with van der Waals surface area (Å²) in [7, 11) is 1.52. The maximum atomic E-state index is 13.2. The summed E-state index contributed by atoms with van der Waals surface area (Å²) in [6.07, 6.45) is 1.43. The third-order valence-electron chi connectivity index (χ3n) is 6.27. The smallest absolute Gasteiger partial charge is 0.335 e. The molecule has 1 fully saturated rings. The molecule has 0 unspecified atom stereocenters. The van der Waals surface area contributed by atoms with E-state index in [1.165, 1.54) is 13.2 Å². The van der Waals surface area contributed by atoms with Crippen LogP contribution in [0.5, 0.6) is 17.2 Å². The quantitative estimate of drug-likeness (QED) is 0.243. The van der Waals surface area contributed by atoms with E-state index in [1.807, 2.05) is 31.2 Å². The first-order valence-electron chi connectivity index (χ1n) is 12.4. The Morgan fingerprint density at radius 2 is 1.62 bits per heavy atom. The van der Waals surface area contributed by atoms with Crippen LogP contribution in [0.4, 0.5) is 10.5 Å². The minimum absolute atomic E-state index is 0.183. The number of carbonyl (C=O) groups excluding carboxylic acids is 3. The van der Waals surface area contributed by atoms with Gasteiger partial charge in [0.1, 0.15) is 17.9 Å². The molecule has 1 aliphatic heterocycles. The second-order valence-corrected chi connectivity index (χ2v) is 8.72. The molecule has 8 heteroatoms. The number of methoxy groups -OCH3 is 1. The lowest BCUT2D eigenvalue weighted by Gasteiger charge is -2.26. The molecule has 39 heavy (non-hydrogen) atoms. The summed E-state index contributed by atoms with van der Waals surface area (Å²) in [5, 5.41) is 4.47. The van der Waals surface area contributed by atoms with Crippen LogP contribution in [0, 0.1) is 0 Å². The molecule has 0 bridgehead atoms. The van der Waals surface area contributed by atoms with Gasteiger partial charge in [0.2, 0.25) is 0 Å². The summed E-state index contributed by atoms with van der Waals surface area (Å²) in [6, 6.07) is 24.9. The molecule has 0 saturated carbocycles. The zero-order valence-corrected chi connectivity index (χ0v) is 21.5. The van der Waals surface area contributed by atoms with Gasteiger partial charge in [0.25, 0.3) is 11.8 Å². The van der Waals surface area contributed by atoms with Gasteiger partial charge in [-0.25, -0.2) is 9.69 Å². The molecule has 0 spiro atoms. The number of carbonyl (C=O) groups is 3. The molecular weight excluding hydrogens is 496 g/mol. The van der Waals surface area contributed by atoms with Crippen molar-refractivity contribution < 1.29 is 28.6 Å². The van der Waals surface area contributed by atoms with E-state index >= 15 is 0 Å². The predicted octanol–water partition coefficient (Wildman–Crippen LogP) is 5.49. The van der Waals surface area contributed by atoms with Crippen LogP contribution in [0.1, 0.15) is 18.1 Å². The first-order valence-corrected chi connectivity index (χ1v) is 12.4. The third-order valence-corrected chi connectivity index (χ3v) is 6.27. The highest BCUT2D eigenvalue weighted by atomic mass is 16.5. The van der Waals surface area contributed by atoms with Gasteiger partial charge in [-0.2, -0.15) is 0 Å². The highest BCUT2D eigenvalue weighted by Crippen LogP contribution is 2.32. The van der Waals surface area contributed by atoms with E-state index < -0.39 is 17.8 Å². The molecule has 1 saturated heterocycles. The van der Waals surface area contributed by atoms with Crippen LogP contribution in [0.2, 0.25) is 0 Å². The molecule has 5 rings (SSSR count). The maximum Gasteiger partial charge on any atom is 0.335 e. The molecule has 0 aliphatic carbocycles. The molecule has 0 aromatic heterocycles. The normalized spacial score (nSPS) is 14.5.